The first-order valence-corrected chi connectivity index (χ1v) is 5.94. The van der Waals surface area contributed by atoms with Crippen molar-refractivity contribution in [3.8, 4) is 0 Å². The van der Waals surface area contributed by atoms with Crippen molar-refractivity contribution >= 4 is 5.69 Å². The molecule has 0 bridgehead atoms. The quantitative estimate of drug-likeness (QED) is 0.784. The highest BCUT2D eigenvalue weighted by atomic mass is 15.2. The van der Waals surface area contributed by atoms with E-state index in [2.05, 4.69) is 26.6 Å². The summed E-state index contributed by atoms with van der Waals surface area (Å²) in [6.07, 6.45) is 1.85. The van der Waals surface area contributed by atoms with Gasteiger partial charge in [0.25, 0.3) is 0 Å². The average Bonchev–Trinajstić information content (AvgIpc) is 2.30. The molecular weight excluding hydrogens is 200 g/mol. The van der Waals surface area contributed by atoms with Gasteiger partial charge in [0.05, 0.1) is 0 Å². The molecule has 0 spiro atoms. The lowest BCUT2D eigenvalue weighted by atomic mass is 10.3. The van der Waals surface area contributed by atoms with Gasteiger partial charge in [-0.15, -0.1) is 0 Å². The van der Waals surface area contributed by atoms with E-state index >= 15 is 0 Å². The van der Waals surface area contributed by atoms with Gasteiger partial charge in [0.15, 0.2) is 0 Å². The van der Waals surface area contributed by atoms with Crippen molar-refractivity contribution in [2.45, 2.75) is 6.92 Å². The Morgan fingerprint density at radius 3 is 3.00 bits per heavy atom. The van der Waals surface area contributed by atoms with E-state index in [-0.39, 0.29) is 0 Å². The van der Waals surface area contributed by atoms with Gasteiger partial charge in [-0.2, -0.15) is 0 Å². The first-order valence-electron chi connectivity index (χ1n) is 5.94. The molecule has 0 aliphatic carbocycles. The minimum Gasteiger partial charge on any atom is -0.384 e. The van der Waals surface area contributed by atoms with Crippen LogP contribution >= 0.6 is 0 Å². The number of nitrogens with zero attached hydrogens (tertiary/aromatic N) is 2. The Kier molecular flexibility index (Phi) is 4.13. The number of piperazine rings is 1. The maximum Gasteiger partial charge on any atom is 0.0393 e. The van der Waals surface area contributed by atoms with Gasteiger partial charge in [-0.25, -0.2) is 0 Å². The van der Waals surface area contributed by atoms with Crippen LogP contribution in [0.25, 0.3) is 0 Å². The van der Waals surface area contributed by atoms with Crippen molar-refractivity contribution in [1.82, 2.24) is 15.2 Å². The standard InChI is InChI=1S/C12H20N4/c1-11-10-12(2-3-14-11)15-6-9-16-7-4-13-5-8-16/h2-3,10,13H,4-9H2,1H3,(H,14,15). The number of hydrogen-bond donors (Lipinski definition) is 2. The van der Waals surface area contributed by atoms with Crippen molar-refractivity contribution in [3.05, 3.63) is 24.0 Å². The summed E-state index contributed by atoms with van der Waals surface area (Å²) in [7, 11) is 0. The first kappa shape index (κ1) is 11.4. The molecule has 1 fully saturated rings. The fraction of sp³-hybridized carbons (Fsp3) is 0.583. The maximum atomic E-state index is 4.18. The van der Waals surface area contributed by atoms with Gasteiger partial charge in [-0.3, -0.25) is 9.88 Å². The fourth-order valence-electron chi connectivity index (χ4n) is 1.95. The Bertz CT molecular complexity index is 321. The molecule has 1 saturated heterocycles. The summed E-state index contributed by atoms with van der Waals surface area (Å²) < 4.78 is 0. The lowest BCUT2D eigenvalue weighted by Crippen LogP contribution is -2.45. The predicted octanol–water partition coefficient (Wildman–Crippen LogP) is 0.707. The van der Waals surface area contributed by atoms with E-state index in [4.69, 9.17) is 0 Å². The van der Waals surface area contributed by atoms with Gasteiger partial charge < -0.3 is 10.6 Å². The lowest BCUT2D eigenvalue weighted by molar-refractivity contribution is 0.249. The molecule has 0 unspecified atom stereocenters. The monoisotopic (exact) mass is 220 g/mol. The van der Waals surface area contributed by atoms with E-state index in [0.717, 1.165) is 45.0 Å². The van der Waals surface area contributed by atoms with E-state index in [0.29, 0.717) is 0 Å². The lowest BCUT2D eigenvalue weighted by Gasteiger charge is -2.27. The molecule has 0 radical (unpaired) electrons. The Morgan fingerprint density at radius 2 is 2.25 bits per heavy atom. The Labute approximate surface area is 97.1 Å². The van der Waals surface area contributed by atoms with Gasteiger partial charge in [-0.05, 0) is 19.1 Å². The van der Waals surface area contributed by atoms with Crippen molar-refractivity contribution in [2.75, 3.05) is 44.6 Å². The topological polar surface area (TPSA) is 40.2 Å². The van der Waals surface area contributed by atoms with Gasteiger partial charge in [0, 0.05) is 56.8 Å². The van der Waals surface area contributed by atoms with Crippen LogP contribution in [0.3, 0.4) is 0 Å². The van der Waals surface area contributed by atoms with Gasteiger partial charge in [-0.1, -0.05) is 0 Å². The number of aryl methyl sites for hydroxylation is 1. The summed E-state index contributed by atoms with van der Waals surface area (Å²) in [6, 6.07) is 4.10. The minimum atomic E-state index is 1.00. The zero-order valence-electron chi connectivity index (χ0n) is 9.87. The molecule has 88 valence electrons. The van der Waals surface area contributed by atoms with Crippen LogP contribution in [0.15, 0.2) is 18.3 Å². The summed E-state index contributed by atoms with van der Waals surface area (Å²) >= 11 is 0. The van der Waals surface area contributed by atoms with Crippen LogP contribution in [0.5, 0.6) is 0 Å². The molecule has 0 aromatic carbocycles. The van der Waals surface area contributed by atoms with E-state index in [1.54, 1.807) is 0 Å². The molecule has 1 aromatic heterocycles. The third-order valence-electron chi connectivity index (χ3n) is 2.86. The van der Waals surface area contributed by atoms with Gasteiger partial charge in [0.2, 0.25) is 0 Å². The minimum absolute atomic E-state index is 1.00. The van der Waals surface area contributed by atoms with Crippen LogP contribution in [0.1, 0.15) is 5.69 Å². The molecular formula is C12H20N4. The first-order chi connectivity index (χ1) is 7.84. The van der Waals surface area contributed by atoms with Crippen LogP contribution in [-0.2, 0) is 0 Å². The van der Waals surface area contributed by atoms with E-state index in [1.165, 1.54) is 5.69 Å². The van der Waals surface area contributed by atoms with Gasteiger partial charge in [0.1, 0.15) is 0 Å². The molecule has 1 aromatic rings. The van der Waals surface area contributed by atoms with E-state index < -0.39 is 0 Å². The molecule has 1 aliphatic rings. The largest absolute Gasteiger partial charge is 0.384 e. The summed E-state index contributed by atoms with van der Waals surface area (Å²) in [6.45, 7) is 8.70. The fourth-order valence-corrected chi connectivity index (χ4v) is 1.95. The Hall–Kier alpha value is -1.13. The average molecular weight is 220 g/mol. The second kappa shape index (κ2) is 5.82. The smallest absolute Gasteiger partial charge is 0.0393 e. The van der Waals surface area contributed by atoms with Crippen LogP contribution in [-0.4, -0.2) is 49.2 Å². The molecule has 1 aliphatic heterocycles. The maximum absolute atomic E-state index is 4.18. The normalized spacial score (nSPS) is 17.3. The number of aromatic nitrogens is 1. The van der Waals surface area contributed by atoms with Gasteiger partial charge >= 0.3 is 0 Å². The molecule has 0 atom stereocenters. The molecule has 0 amide bonds. The molecule has 2 N–H and O–H groups in total. The number of nitrogens with one attached hydrogen (secondary N) is 2. The molecule has 2 rings (SSSR count). The number of rotatable bonds is 4. The zero-order chi connectivity index (χ0) is 11.2. The molecule has 4 nitrogen and oxygen atoms in total. The molecule has 2 heterocycles. The Morgan fingerprint density at radius 1 is 1.44 bits per heavy atom. The van der Waals surface area contributed by atoms with Crippen molar-refractivity contribution in [1.29, 1.82) is 0 Å². The third-order valence-corrected chi connectivity index (χ3v) is 2.86. The van der Waals surface area contributed by atoms with Crippen LogP contribution < -0.4 is 10.6 Å². The van der Waals surface area contributed by atoms with Crippen molar-refractivity contribution in [2.24, 2.45) is 0 Å². The molecule has 16 heavy (non-hydrogen) atoms. The van der Waals surface area contributed by atoms with Crippen molar-refractivity contribution in [3.63, 3.8) is 0 Å². The SMILES string of the molecule is Cc1cc(NCCN2CCNCC2)ccn1. The predicted molar refractivity (Wildman–Crippen MR) is 66.8 cm³/mol. The molecule has 4 heteroatoms. The second-order valence-electron chi connectivity index (χ2n) is 4.20. The summed E-state index contributed by atoms with van der Waals surface area (Å²) in [5.41, 5.74) is 2.23. The van der Waals surface area contributed by atoms with Crippen LogP contribution in [0.2, 0.25) is 0 Å². The summed E-state index contributed by atoms with van der Waals surface area (Å²) in [4.78, 5) is 6.66. The van der Waals surface area contributed by atoms with Crippen molar-refractivity contribution < 1.29 is 0 Å². The zero-order valence-corrected chi connectivity index (χ0v) is 9.87. The van der Waals surface area contributed by atoms with Crippen LogP contribution in [0.4, 0.5) is 5.69 Å². The van der Waals surface area contributed by atoms with E-state index in [1.807, 2.05) is 19.2 Å². The Balaban J connectivity index is 1.71. The van der Waals surface area contributed by atoms with E-state index in [9.17, 15) is 0 Å². The number of hydrogen-bond acceptors (Lipinski definition) is 4. The third kappa shape index (κ3) is 3.47. The highest BCUT2D eigenvalue weighted by molar-refractivity contribution is 5.42. The second-order valence-corrected chi connectivity index (χ2v) is 4.20. The highest BCUT2D eigenvalue weighted by Crippen LogP contribution is 2.06. The summed E-state index contributed by atoms with van der Waals surface area (Å²) in [5, 5.41) is 6.79. The number of pyridine rings is 1. The number of anilines is 1. The highest BCUT2D eigenvalue weighted by Gasteiger charge is 2.07. The summed E-state index contributed by atoms with van der Waals surface area (Å²) in [5.74, 6) is 0. The molecule has 0 saturated carbocycles. The van der Waals surface area contributed by atoms with Crippen LogP contribution in [0, 0.1) is 6.92 Å².